The molecule has 0 radical (unpaired) electrons. The SMILES string of the molecule is COC1C[C@@H]2[C@@]3(C)CCC[C@@]2(CO[C@H]3O)[C@@H]2[C@@H](OC(C)=O)C[C@@H]3[C@@H](O)C12C(=O)[C@@H]3C. The molecule has 168 valence electrons. The number of aliphatic hydroxyl groups is 2. The number of carbonyl (C=O) groups is 2. The van der Waals surface area contributed by atoms with Crippen LogP contribution in [0.15, 0.2) is 0 Å². The number of Topliss-reactive ketones (excluding diaryl/α,β-unsaturated/α-hetero) is 1. The van der Waals surface area contributed by atoms with Crippen LogP contribution in [0.3, 0.4) is 0 Å². The molecule has 1 saturated heterocycles. The van der Waals surface area contributed by atoms with Gasteiger partial charge in [0.1, 0.15) is 11.9 Å². The Morgan fingerprint density at radius 3 is 2.63 bits per heavy atom. The van der Waals surface area contributed by atoms with Gasteiger partial charge in [0, 0.05) is 36.7 Å². The third kappa shape index (κ3) is 2.20. The molecule has 1 heterocycles. The van der Waals surface area contributed by atoms with Crippen LogP contribution in [0.25, 0.3) is 0 Å². The summed E-state index contributed by atoms with van der Waals surface area (Å²) in [5.41, 5.74) is -1.99. The lowest BCUT2D eigenvalue weighted by atomic mass is 9.38. The zero-order valence-corrected chi connectivity index (χ0v) is 18.3. The van der Waals surface area contributed by atoms with E-state index in [4.69, 9.17) is 14.2 Å². The van der Waals surface area contributed by atoms with Crippen LogP contribution in [-0.2, 0) is 23.8 Å². The predicted octanol–water partition coefficient (Wildman–Crippen LogP) is 1.68. The van der Waals surface area contributed by atoms with Gasteiger partial charge in [-0.1, -0.05) is 20.3 Å². The van der Waals surface area contributed by atoms with Crippen molar-refractivity contribution >= 4 is 11.8 Å². The molecule has 4 bridgehead atoms. The fourth-order valence-corrected chi connectivity index (χ4v) is 8.83. The molecular weight excluding hydrogens is 388 g/mol. The van der Waals surface area contributed by atoms with E-state index in [-0.39, 0.29) is 35.4 Å². The summed E-state index contributed by atoms with van der Waals surface area (Å²) in [6, 6.07) is 0. The van der Waals surface area contributed by atoms with Crippen molar-refractivity contribution in [2.75, 3.05) is 13.7 Å². The van der Waals surface area contributed by atoms with Crippen molar-refractivity contribution in [2.45, 2.75) is 77.5 Å². The first-order chi connectivity index (χ1) is 14.1. The van der Waals surface area contributed by atoms with Gasteiger partial charge in [-0.3, -0.25) is 9.59 Å². The molecule has 11 atom stereocenters. The summed E-state index contributed by atoms with van der Waals surface area (Å²) in [7, 11) is 1.61. The molecular formula is C23H34O7. The van der Waals surface area contributed by atoms with E-state index in [2.05, 4.69) is 6.92 Å². The van der Waals surface area contributed by atoms with Gasteiger partial charge in [0.2, 0.25) is 0 Å². The fraction of sp³-hybridized carbons (Fsp3) is 0.913. The van der Waals surface area contributed by atoms with Crippen LogP contribution in [0.5, 0.6) is 0 Å². The van der Waals surface area contributed by atoms with Crippen molar-refractivity contribution < 1.29 is 34.0 Å². The Balaban J connectivity index is 1.74. The summed E-state index contributed by atoms with van der Waals surface area (Å²) >= 11 is 0. The molecule has 0 aromatic carbocycles. The number of methoxy groups -OCH3 is 1. The minimum absolute atomic E-state index is 0.0396. The summed E-state index contributed by atoms with van der Waals surface area (Å²) in [5.74, 6) is -1.19. The topological polar surface area (TPSA) is 102 Å². The van der Waals surface area contributed by atoms with E-state index in [1.165, 1.54) is 6.92 Å². The van der Waals surface area contributed by atoms with Crippen molar-refractivity contribution in [3.05, 3.63) is 0 Å². The molecule has 4 saturated carbocycles. The van der Waals surface area contributed by atoms with Gasteiger partial charge in [-0.15, -0.1) is 0 Å². The molecule has 2 N–H and O–H groups in total. The van der Waals surface area contributed by atoms with Crippen molar-refractivity contribution in [1.29, 1.82) is 0 Å². The standard InChI is InChI=1S/C23H34O7/c1-11-13-8-14(30-12(2)24)17-22-7-5-6-21(3,20(27)29-10-22)15(22)9-16(28-4)23(17,18(11)25)19(13)26/h11,13-17,19-20,26-27H,5-10H2,1-4H3/t11-,13+,14+,15-,16?,17+,19-,20-,21-,22+,23?/m1/s1. The number of aliphatic hydroxyl groups excluding tert-OH is 2. The quantitative estimate of drug-likeness (QED) is 0.653. The monoisotopic (exact) mass is 422 g/mol. The molecule has 1 spiro atoms. The van der Waals surface area contributed by atoms with Crippen LogP contribution in [0.4, 0.5) is 0 Å². The van der Waals surface area contributed by atoms with E-state index in [0.717, 1.165) is 19.3 Å². The van der Waals surface area contributed by atoms with Crippen LogP contribution in [0, 0.1) is 39.9 Å². The maximum atomic E-state index is 13.9. The van der Waals surface area contributed by atoms with Crippen molar-refractivity contribution in [2.24, 2.45) is 39.9 Å². The second-order valence-corrected chi connectivity index (χ2v) is 10.8. The lowest BCUT2D eigenvalue weighted by Gasteiger charge is -2.70. The van der Waals surface area contributed by atoms with Gasteiger partial charge >= 0.3 is 5.97 Å². The van der Waals surface area contributed by atoms with E-state index in [1.807, 2.05) is 6.92 Å². The molecule has 5 fully saturated rings. The molecule has 7 heteroatoms. The van der Waals surface area contributed by atoms with Gasteiger partial charge in [0.15, 0.2) is 6.29 Å². The predicted molar refractivity (Wildman–Crippen MR) is 105 cm³/mol. The maximum Gasteiger partial charge on any atom is 0.302 e. The molecule has 5 rings (SSSR count). The first-order valence-corrected chi connectivity index (χ1v) is 11.4. The lowest BCUT2D eigenvalue weighted by molar-refractivity contribution is -0.344. The van der Waals surface area contributed by atoms with E-state index in [1.54, 1.807) is 7.11 Å². The molecule has 1 aliphatic heterocycles. The molecule has 4 aliphatic carbocycles. The molecule has 5 aliphatic rings. The molecule has 0 aromatic heterocycles. The summed E-state index contributed by atoms with van der Waals surface area (Å²) in [6.07, 6.45) is 1.02. The van der Waals surface area contributed by atoms with Crippen molar-refractivity contribution in [3.8, 4) is 0 Å². The Morgan fingerprint density at radius 1 is 1.23 bits per heavy atom. The van der Waals surface area contributed by atoms with E-state index >= 15 is 0 Å². The summed E-state index contributed by atoms with van der Waals surface area (Å²) in [5, 5.41) is 22.4. The Morgan fingerprint density at radius 2 is 1.97 bits per heavy atom. The number of rotatable bonds is 2. The summed E-state index contributed by atoms with van der Waals surface area (Å²) < 4.78 is 17.8. The third-order valence-electron chi connectivity index (χ3n) is 9.89. The smallest absolute Gasteiger partial charge is 0.302 e. The molecule has 7 nitrogen and oxygen atoms in total. The Hall–Kier alpha value is -1.02. The highest BCUT2D eigenvalue weighted by Gasteiger charge is 2.79. The van der Waals surface area contributed by atoms with Gasteiger partial charge in [0.05, 0.1) is 24.2 Å². The number of hydrogen-bond donors (Lipinski definition) is 2. The Kier molecular flexibility index (Phi) is 4.52. The van der Waals surface area contributed by atoms with Crippen LogP contribution in [0.1, 0.15) is 52.9 Å². The highest BCUT2D eigenvalue weighted by Crippen LogP contribution is 2.73. The van der Waals surface area contributed by atoms with Gasteiger partial charge < -0.3 is 24.4 Å². The van der Waals surface area contributed by atoms with Crippen LogP contribution < -0.4 is 0 Å². The van der Waals surface area contributed by atoms with Crippen molar-refractivity contribution in [1.82, 2.24) is 0 Å². The number of fused-ring (bicyclic) bond motifs is 1. The van der Waals surface area contributed by atoms with Gasteiger partial charge in [-0.25, -0.2) is 0 Å². The fourth-order valence-electron chi connectivity index (χ4n) is 8.83. The van der Waals surface area contributed by atoms with Gasteiger partial charge in [-0.05, 0) is 37.5 Å². The second-order valence-electron chi connectivity index (χ2n) is 10.8. The number of ketones is 1. The minimum atomic E-state index is -1.10. The number of hydrogen-bond acceptors (Lipinski definition) is 7. The largest absolute Gasteiger partial charge is 0.462 e. The van der Waals surface area contributed by atoms with Crippen LogP contribution in [-0.4, -0.2) is 60.3 Å². The third-order valence-corrected chi connectivity index (χ3v) is 9.89. The normalized spacial score (nSPS) is 56.8. The average molecular weight is 423 g/mol. The van der Waals surface area contributed by atoms with Crippen molar-refractivity contribution in [3.63, 3.8) is 0 Å². The van der Waals surface area contributed by atoms with Crippen LogP contribution in [0.2, 0.25) is 0 Å². The molecule has 30 heavy (non-hydrogen) atoms. The Bertz CT molecular complexity index is 769. The number of esters is 1. The zero-order chi connectivity index (χ0) is 21.6. The van der Waals surface area contributed by atoms with Gasteiger partial charge in [0.25, 0.3) is 0 Å². The molecule has 0 aromatic rings. The highest BCUT2D eigenvalue weighted by molar-refractivity contribution is 5.92. The van der Waals surface area contributed by atoms with E-state index < -0.39 is 40.8 Å². The first kappa shape index (κ1) is 20.9. The molecule has 2 unspecified atom stereocenters. The average Bonchev–Trinajstić information content (AvgIpc) is 2.81. The highest BCUT2D eigenvalue weighted by atomic mass is 16.6. The molecule has 0 amide bonds. The zero-order valence-electron chi connectivity index (χ0n) is 18.3. The Labute approximate surface area is 177 Å². The van der Waals surface area contributed by atoms with Gasteiger partial charge in [-0.2, -0.15) is 0 Å². The second kappa shape index (κ2) is 6.50. The van der Waals surface area contributed by atoms with E-state index in [0.29, 0.717) is 19.4 Å². The maximum absolute atomic E-state index is 13.9. The van der Waals surface area contributed by atoms with Crippen LogP contribution >= 0.6 is 0 Å². The summed E-state index contributed by atoms with van der Waals surface area (Å²) in [4.78, 5) is 25.9. The van der Waals surface area contributed by atoms with E-state index in [9.17, 15) is 19.8 Å². The minimum Gasteiger partial charge on any atom is -0.462 e. The first-order valence-electron chi connectivity index (χ1n) is 11.4. The number of ether oxygens (including phenoxy) is 3. The summed E-state index contributed by atoms with van der Waals surface area (Å²) in [6.45, 7) is 5.68. The lowest BCUT2D eigenvalue weighted by Crippen LogP contribution is -2.75. The number of carbonyl (C=O) groups excluding carboxylic acids is 2.